The van der Waals surface area contributed by atoms with E-state index >= 15 is 0 Å². The van der Waals surface area contributed by atoms with Crippen molar-refractivity contribution in [3.63, 3.8) is 0 Å². The lowest BCUT2D eigenvalue weighted by Crippen LogP contribution is -2.09. The molecule has 0 aliphatic rings. The summed E-state index contributed by atoms with van der Waals surface area (Å²) in [5, 5.41) is 5.13. The molecule has 0 bridgehead atoms. The zero-order valence-corrected chi connectivity index (χ0v) is 19.4. The Morgan fingerprint density at radius 1 is 0.400 bits per heavy atom. The highest BCUT2D eigenvalue weighted by molar-refractivity contribution is 6.11. The molecule has 0 heterocycles. The van der Waals surface area contributed by atoms with Gasteiger partial charge < -0.3 is 4.90 Å². The van der Waals surface area contributed by atoms with Crippen molar-refractivity contribution >= 4 is 50.8 Å². The molecule has 166 valence electrons. The minimum atomic E-state index is 1.13. The van der Waals surface area contributed by atoms with E-state index in [0.29, 0.717) is 0 Å². The Morgan fingerprint density at radius 2 is 0.914 bits per heavy atom. The van der Waals surface area contributed by atoms with Crippen LogP contribution in [0.3, 0.4) is 0 Å². The van der Waals surface area contributed by atoms with Crippen molar-refractivity contribution in [3.05, 3.63) is 151 Å². The molecule has 6 aromatic rings. The highest BCUT2D eigenvalue weighted by Gasteiger charge is 2.11. The second-order valence-electron chi connectivity index (χ2n) is 8.66. The first kappa shape index (κ1) is 20.9. The number of hydrogen-bond donors (Lipinski definition) is 0. The normalized spacial score (nSPS) is 11.3. The Bertz CT molecular complexity index is 1580. The fraction of sp³-hybridized carbons (Fsp3) is 0. The van der Waals surface area contributed by atoms with Crippen LogP contribution in [0.25, 0.3) is 33.7 Å². The molecule has 0 aliphatic carbocycles. The third-order valence-electron chi connectivity index (χ3n) is 6.44. The van der Waals surface area contributed by atoms with Crippen molar-refractivity contribution in [1.82, 2.24) is 0 Å². The van der Waals surface area contributed by atoms with Gasteiger partial charge in [0.15, 0.2) is 0 Å². The molecule has 1 nitrogen and oxygen atoms in total. The molecule has 0 radical (unpaired) electrons. The zero-order chi connectivity index (χ0) is 23.5. The van der Waals surface area contributed by atoms with Gasteiger partial charge in [0.25, 0.3) is 0 Å². The molecule has 6 aromatic carbocycles. The van der Waals surface area contributed by atoms with E-state index in [0.717, 1.165) is 17.1 Å². The Kier molecular flexibility index (Phi) is 5.58. The Hall–Kier alpha value is -4.62. The summed E-state index contributed by atoms with van der Waals surface area (Å²) < 4.78 is 0. The molecule has 0 spiro atoms. The topological polar surface area (TPSA) is 3.24 Å². The van der Waals surface area contributed by atoms with Crippen molar-refractivity contribution in [2.75, 3.05) is 4.90 Å². The molecule has 6 rings (SSSR count). The average Bonchev–Trinajstić information content (AvgIpc) is 2.94. The van der Waals surface area contributed by atoms with Gasteiger partial charge in [-0.2, -0.15) is 0 Å². The summed E-state index contributed by atoms with van der Waals surface area (Å²) in [4.78, 5) is 2.28. The molecule has 0 amide bonds. The van der Waals surface area contributed by atoms with Gasteiger partial charge in [0, 0.05) is 17.1 Å². The van der Waals surface area contributed by atoms with E-state index in [4.69, 9.17) is 0 Å². The first-order valence-corrected chi connectivity index (χ1v) is 12.0. The predicted molar refractivity (Wildman–Crippen MR) is 152 cm³/mol. The van der Waals surface area contributed by atoms with Gasteiger partial charge in [-0.15, -0.1) is 0 Å². The minimum Gasteiger partial charge on any atom is -0.311 e. The van der Waals surface area contributed by atoms with E-state index < -0.39 is 0 Å². The minimum absolute atomic E-state index is 1.13. The van der Waals surface area contributed by atoms with Gasteiger partial charge in [-0.3, -0.25) is 0 Å². The molecule has 0 aliphatic heterocycles. The molecule has 0 saturated carbocycles. The lowest BCUT2D eigenvalue weighted by Gasteiger charge is -2.25. The highest BCUT2D eigenvalue weighted by Crippen LogP contribution is 2.34. The smallest absolute Gasteiger partial charge is 0.0462 e. The fourth-order valence-electron chi connectivity index (χ4n) is 4.74. The Balaban J connectivity index is 1.36. The number of fused-ring (bicyclic) bond motifs is 3. The van der Waals surface area contributed by atoms with Crippen LogP contribution in [0.15, 0.2) is 140 Å². The number of nitrogens with zero attached hydrogens (tertiary/aromatic N) is 1. The molecule has 1 heteroatoms. The van der Waals surface area contributed by atoms with Gasteiger partial charge in [0.2, 0.25) is 0 Å². The zero-order valence-electron chi connectivity index (χ0n) is 19.4. The van der Waals surface area contributed by atoms with Crippen molar-refractivity contribution in [2.24, 2.45) is 0 Å². The lowest BCUT2D eigenvalue weighted by molar-refractivity contribution is 1.28. The maximum absolute atomic E-state index is 2.29. The van der Waals surface area contributed by atoms with Crippen LogP contribution >= 0.6 is 0 Å². The number of rotatable bonds is 5. The van der Waals surface area contributed by atoms with Crippen LogP contribution in [0.1, 0.15) is 11.1 Å². The third-order valence-corrected chi connectivity index (χ3v) is 6.44. The van der Waals surface area contributed by atoms with Crippen LogP contribution in [0, 0.1) is 0 Å². The molecule has 0 aromatic heterocycles. The van der Waals surface area contributed by atoms with E-state index in [1.165, 1.54) is 32.7 Å². The Morgan fingerprint density at radius 3 is 1.57 bits per heavy atom. The maximum atomic E-state index is 2.29. The summed E-state index contributed by atoms with van der Waals surface area (Å²) in [7, 11) is 0. The maximum Gasteiger partial charge on any atom is 0.0462 e. The SMILES string of the molecule is C(=Cc1cc2ccccc2c2ccccc12)c1ccc(N(c2ccccc2)c2ccccc2)cc1. The van der Waals surface area contributed by atoms with E-state index in [1.54, 1.807) is 0 Å². The van der Waals surface area contributed by atoms with Crippen LogP contribution in [-0.4, -0.2) is 0 Å². The fourth-order valence-corrected chi connectivity index (χ4v) is 4.74. The molecule has 35 heavy (non-hydrogen) atoms. The Labute approximate surface area is 206 Å². The van der Waals surface area contributed by atoms with Gasteiger partial charge in [0.05, 0.1) is 0 Å². The average molecular weight is 448 g/mol. The van der Waals surface area contributed by atoms with E-state index in [9.17, 15) is 0 Å². The third kappa shape index (κ3) is 4.20. The van der Waals surface area contributed by atoms with Crippen LogP contribution in [0.2, 0.25) is 0 Å². The predicted octanol–water partition coefficient (Wildman–Crippen LogP) is 9.63. The number of hydrogen-bond acceptors (Lipinski definition) is 1. The summed E-state index contributed by atoms with van der Waals surface area (Å²) in [6.45, 7) is 0. The number of anilines is 3. The van der Waals surface area contributed by atoms with Gasteiger partial charge >= 0.3 is 0 Å². The summed E-state index contributed by atoms with van der Waals surface area (Å²) in [6.07, 6.45) is 4.44. The second-order valence-corrected chi connectivity index (χ2v) is 8.66. The molecule has 0 N–H and O–H groups in total. The summed E-state index contributed by atoms with van der Waals surface area (Å²) in [5.74, 6) is 0. The van der Waals surface area contributed by atoms with Crippen molar-refractivity contribution in [3.8, 4) is 0 Å². The van der Waals surface area contributed by atoms with Gasteiger partial charge in [0.1, 0.15) is 0 Å². The lowest BCUT2D eigenvalue weighted by atomic mass is 9.96. The molecule has 0 unspecified atom stereocenters. The van der Waals surface area contributed by atoms with Crippen molar-refractivity contribution in [1.29, 1.82) is 0 Å². The summed E-state index contributed by atoms with van der Waals surface area (Å²) in [6, 6.07) is 49.3. The molecule has 0 saturated heterocycles. The first-order valence-electron chi connectivity index (χ1n) is 12.0. The molecular formula is C34H25N. The van der Waals surface area contributed by atoms with Crippen LogP contribution < -0.4 is 4.90 Å². The van der Waals surface area contributed by atoms with Gasteiger partial charge in [-0.05, 0) is 75.1 Å². The standard InChI is InChI=1S/C34H25N/c1-3-12-29(13-4-1)35(30-14-5-2-6-15-30)31-23-20-26(21-24-31)19-22-28-25-27-11-7-8-16-32(27)34-18-10-9-17-33(28)34/h1-25H. The summed E-state index contributed by atoms with van der Waals surface area (Å²) >= 11 is 0. The quantitative estimate of drug-likeness (QED) is 0.188. The molecule has 0 fully saturated rings. The van der Waals surface area contributed by atoms with Crippen LogP contribution in [-0.2, 0) is 0 Å². The van der Waals surface area contributed by atoms with Crippen molar-refractivity contribution < 1.29 is 0 Å². The van der Waals surface area contributed by atoms with E-state index in [1.807, 2.05) is 0 Å². The highest BCUT2D eigenvalue weighted by atomic mass is 15.1. The number of benzene rings is 6. The van der Waals surface area contributed by atoms with Crippen LogP contribution in [0.5, 0.6) is 0 Å². The van der Waals surface area contributed by atoms with Crippen LogP contribution in [0.4, 0.5) is 17.1 Å². The molecule has 0 atom stereocenters. The largest absolute Gasteiger partial charge is 0.311 e. The second kappa shape index (κ2) is 9.32. The monoisotopic (exact) mass is 447 g/mol. The first-order chi connectivity index (χ1) is 17.4. The van der Waals surface area contributed by atoms with Gasteiger partial charge in [-0.25, -0.2) is 0 Å². The van der Waals surface area contributed by atoms with E-state index in [2.05, 4.69) is 157 Å². The van der Waals surface area contributed by atoms with Crippen molar-refractivity contribution in [2.45, 2.75) is 0 Å². The van der Waals surface area contributed by atoms with Gasteiger partial charge in [-0.1, -0.05) is 109 Å². The van der Waals surface area contributed by atoms with E-state index in [-0.39, 0.29) is 0 Å². The summed E-state index contributed by atoms with van der Waals surface area (Å²) in [5.41, 5.74) is 5.83. The molecular weight excluding hydrogens is 422 g/mol. The number of para-hydroxylation sites is 2.